The molecule has 15 heavy (non-hydrogen) atoms. The molecule has 0 bridgehead atoms. The summed E-state index contributed by atoms with van der Waals surface area (Å²) in [6.45, 7) is 4.10. The highest BCUT2D eigenvalue weighted by Crippen LogP contribution is 2.29. The fourth-order valence-corrected chi connectivity index (χ4v) is 1.82. The lowest BCUT2D eigenvalue weighted by Gasteiger charge is -2.13. The Bertz CT molecular complexity index is 376. The Morgan fingerprint density at radius 3 is 2.53 bits per heavy atom. The number of nitriles is 1. The van der Waals surface area contributed by atoms with Crippen molar-refractivity contribution in [2.75, 3.05) is 6.54 Å². The van der Waals surface area contributed by atoms with Crippen molar-refractivity contribution in [3.8, 4) is 6.07 Å². The van der Waals surface area contributed by atoms with Crippen LogP contribution in [0.25, 0.3) is 0 Å². The van der Waals surface area contributed by atoms with Crippen LogP contribution in [-0.2, 0) is 0 Å². The van der Waals surface area contributed by atoms with Crippen molar-refractivity contribution in [2.45, 2.75) is 6.04 Å². The highest BCUT2D eigenvalue weighted by atomic mass is 35.5. The summed E-state index contributed by atoms with van der Waals surface area (Å²) in [5.74, 6) is 0. The number of benzene rings is 1. The van der Waals surface area contributed by atoms with Gasteiger partial charge in [-0.2, -0.15) is 5.26 Å². The maximum atomic E-state index is 8.99. The van der Waals surface area contributed by atoms with Gasteiger partial charge in [-0.3, -0.25) is 5.32 Å². The fourth-order valence-electron chi connectivity index (χ4n) is 1.20. The van der Waals surface area contributed by atoms with Gasteiger partial charge < -0.3 is 0 Å². The molecular weight excluding hydrogens is 231 g/mol. The summed E-state index contributed by atoms with van der Waals surface area (Å²) in [5, 5.41) is 12.9. The third-order valence-electron chi connectivity index (χ3n) is 1.88. The summed E-state index contributed by atoms with van der Waals surface area (Å²) >= 11 is 12.0. The van der Waals surface area contributed by atoms with E-state index in [0.717, 1.165) is 0 Å². The Balaban J connectivity index is 3.01. The summed E-state index contributed by atoms with van der Waals surface area (Å²) in [6, 6.07) is 6.77. The van der Waals surface area contributed by atoms with Crippen LogP contribution in [0.3, 0.4) is 0 Å². The minimum Gasteiger partial charge on any atom is -0.295 e. The van der Waals surface area contributed by atoms with Gasteiger partial charge in [-0.05, 0) is 12.1 Å². The highest BCUT2D eigenvalue weighted by molar-refractivity contribution is 6.36. The second-order valence-electron chi connectivity index (χ2n) is 2.89. The van der Waals surface area contributed by atoms with Crippen molar-refractivity contribution in [1.82, 2.24) is 5.32 Å². The third kappa shape index (κ3) is 2.97. The molecule has 4 heteroatoms. The summed E-state index contributed by atoms with van der Waals surface area (Å²) in [5.41, 5.74) is 0.616. The predicted octanol–water partition coefficient (Wildman–Crippen LogP) is 3.33. The smallest absolute Gasteiger partial charge is 0.124 e. The maximum Gasteiger partial charge on any atom is 0.124 e. The topological polar surface area (TPSA) is 35.8 Å². The molecule has 0 spiro atoms. The van der Waals surface area contributed by atoms with Gasteiger partial charge in [0.25, 0.3) is 0 Å². The summed E-state index contributed by atoms with van der Waals surface area (Å²) < 4.78 is 0. The summed E-state index contributed by atoms with van der Waals surface area (Å²) in [7, 11) is 0. The van der Waals surface area contributed by atoms with E-state index in [1.807, 2.05) is 0 Å². The first-order chi connectivity index (χ1) is 7.20. The molecule has 0 fully saturated rings. The van der Waals surface area contributed by atoms with Gasteiger partial charge in [-0.15, -0.1) is 6.58 Å². The molecule has 0 aromatic heterocycles. The van der Waals surface area contributed by atoms with Crippen LogP contribution in [0, 0.1) is 11.3 Å². The Labute approximate surface area is 99.1 Å². The first kappa shape index (κ1) is 12.1. The minimum absolute atomic E-state index is 0.491. The lowest BCUT2D eigenvalue weighted by molar-refractivity contribution is 0.684. The van der Waals surface area contributed by atoms with Gasteiger partial charge in [0.05, 0.1) is 6.07 Å². The molecule has 1 atom stereocenters. The van der Waals surface area contributed by atoms with E-state index < -0.39 is 6.04 Å². The van der Waals surface area contributed by atoms with Gasteiger partial charge in [0.1, 0.15) is 6.04 Å². The van der Waals surface area contributed by atoms with E-state index >= 15 is 0 Å². The van der Waals surface area contributed by atoms with E-state index in [0.29, 0.717) is 22.2 Å². The van der Waals surface area contributed by atoms with Gasteiger partial charge in [0.15, 0.2) is 0 Å². The van der Waals surface area contributed by atoms with Crippen LogP contribution in [0.5, 0.6) is 0 Å². The zero-order valence-corrected chi connectivity index (χ0v) is 9.52. The van der Waals surface area contributed by atoms with E-state index in [1.165, 1.54) is 0 Å². The van der Waals surface area contributed by atoms with Crippen LogP contribution in [0.1, 0.15) is 11.6 Å². The average Bonchev–Trinajstić information content (AvgIpc) is 2.22. The van der Waals surface area contributed by atoms with Crippen LogP contribution < -0.4 is 5.32 Å². The van der Waals surface area contributed by atoms with Crippen molar-refractivity contribution in [1.29, 1.82) is 5.26 Å². The third-order valence-corrected chi connectivity index (χ3v) is 2.54. The summed E-state index contributed by atoms with van der Waals surface area (Å²) in [4.78, 5) is 0. The molecule has 0 radical (unpaired) electrons. The molecule has 1 N–H and O–H groups in total. The molecule has 0 saturated carbocycles. The van der Waals surface area contributed by atoms with Crippen molar-refractivity contribution in [3.05, 3.63) is 46.5 Å². The zero-order valence-electron chi connectivity index (χ0n) is 8.00. The largest absolute Gasteiger partial charge is 0.295 e. The van der Waals surface area contributed by atoms with Crippen molar-refractivity contribution in [2.24, 2.45) is 0 Å². The number of hydrogen-bond acceptors (Lipinski definition) is 2. The molecular formula is C11H10Cl2N2. The predicted molar refractivity (Wildman–Crippen MR) is 63.0 cm³/mol. The number of nitrogens with one attached hydrogen (secondary N) is 1. The Hall–Kier alpha value is -1.01. The quantitative estimate of drug-likeness (QED) is 0.820. The standard InChI is InChI=1S/C11H10Cl2N2/c1-2-6-15-10(7-14)11-8(12)4-3-5-9(11)13/h2-5,10,15H,1,6H2. The van der Waals surface area contributed by atoms with Gasteiger partial charge >= 0.3 is 0 Å². The molecule has 2 nitrogen and oxygen atoms in total. The molecule has 0 aliphatic carbocycles. The first-order valence-corrected chi connectivity index (χ1v) is 5.14. The molecule has 1 rings (SSSR count). The normalized spacial score (nSPS) is 11.8. The van der Waals surface area contributed by atoms with E-state index in [2.05, 4.69) is 18.0 Å². The van der Waals surface area contributed by atoms with Gasteiger partial charge in [-0.25, -0.2) is 0 Å². The Morgan fingerprint density at radius 1 is 1.47 bits per heavy atom. The summed E-state index contributed by atoms with van der Waals surface area (Å²) in [6.07, 6.45) is 1.68. The molecule has 0 heterocycles. The van der Waals surface area contributed by atoms with Gasteiger partial charge in [-0.1, -0.05) is 35.3 Å². The van der Waals surface area contributed by atoms with Crippen LogP contribution in [0.4, 0.5) is 0 Å². The van der Waals surface area contributed by atoms with Gasteiger partial charge in [0, 0.05) is 22.2 Å². The van der Waals surface area contributed by atoms with E-state index in [4.69, 9.17) is 28.5 Å². The molecule has 1 aromatic rings. The average molecular weight is 241 g/mol. The van der Waals surface area contributed by atoms with Crippen LogP contribution in [0.2, 0.25) is 10.0 Å². The van der Waals surface area contributed by atoms with Crippen LogP contribution >= 0.6 is 23.2 Å². The second-order valence-corrected chi connectivity index (χ2v) is 3.71. The molecule has 1 unspecified atom stereocenters. The SMILES string of the molecule is C=CCNC(C#N)c1c(Cl)cccc1Cl. The molecule has 0 aliphatic heterocycles. The fraction of sp³-hybridized carbons (Fsp3) is 0.182. The van der Waals surface area contributed by atoms with E-state index in [-0.39, 0.29) is 0 Å². The van der Waals surface area contributed by atoms with E-state index in [1.54, 1.807) is 24.3 Å². The van der Waals surface area contributed by atoms with Crippen molar-refractivity contribution < 1.29 is 0 Å². The second kappa shape index (κ2) is 5.77. The first-order valence-electron chi connectivity index (χ1n) is 4.38. The van der Waals surface area contributed by atoms with Crippen molar-refractivity contribution in [3.63, 3.8) is 0 Å². The maximum absolute atomic E-state index is 8.99. The number of halogens is 2. The Morgan fingerprint density at radius 2 is 2.07 bits per heavy atom. The van der Waals surface area contributed by atoms with Crippen LogP contribution in [0.15, 0.2) is 30.9 Å². The number of hydrogen-bond donors (Lipinski definition) is 1. The Kier molecular flexibility index (Phi) is 4.64. The minimum atomic E-state index is -0.510. The molecule has 0 aliphatic rings. The lowest BCUT2D eigenvalue weighted by Crippen LogP contribution is -2.20. The van der Waals surface area contributed by atoms with Crippen molar-refractivity contribution >= 4 is 23.2 Å². The lowest BCUT2D eigenvalue weighted by atomic mass is 10.1. The molecule has 1 aromatic carbocycles. The molecule has 78 valence electrons. The van der Waals surface area contributed by atoms with Gasteiger partial charge in [0.2, 0.25) is 0 Å². The monoisotopic (exact) mass is 240 g/mol. The number of rotatable bonds is 4. The molecule has 0 saturated heterocycles. The molecule has 0 amide bonds. The van der Waals surface area contributed by atoms with Crippen LogP contribution in [-0.4, -0.2) is 6.54 Å². The number of nitrogens with zero attached hydrogens (tertiary/aromatic N) is 1. The zero-order chi connectivity index (χ0) is 11.3. The highest BCUT2D eigenvalue weighted by Gasteiger charge is 2.16. The van der Waals surface area contributed by atoms with E-state index in [9.17, 15) is 0 Å².